The van der Waals surface area contributed by atoms with Crippen molar-refractivity contribution in [1.29, 1.82) is 0 Å². The zero-order valence-corrected chi connectivity index (χ0v) is 14.3. The van der Waals surface area contributed by atoms with Crippen LogP contribution in [-0.4, -0.2) is 36.2 Å². The molecule has 8 nitrogen and oxygen atoms in total. The maximum atomic E-state index is 12.3. The minimum Gasteiger partial charge on any atom is -0.390 e. The highest BCUT2D eigenvalue weighted by Gasteiger charge is 2.19. The van der Waals surface area contributed by atoms with Gasteiger partial charge < -0.3 is 15.0 Å². The summed E-state index contributed by atoms with van der Waals surface area (Å²) in [4.78, 5) is 30.7. The summed E-state index contributed by atoms with van der Waals surface area (Å²) in [6, 6.07) is 9.68. The second kappa shape index (κ2) is 7.12. The van der Waals surface area contributed by atoms with Gasteiger partial charge in [-0.05, 0) is 5.56 Å². The molecule has 0 saturated carbocycles. The van der Waals surface area contributed by atoms with Crippen LogP contribution in [0.2, 0.25) is 0 Å². The van der Waals surface area contributed by atoms with Crippen LogP contribution in [0.15, 0.2) is 39.9 Å². The number of imidazole rings is 1. The summed E-state index contributed by atoms with van der Waals surface area (Å²) in [6.07, 6.45) is -0.854. The Kier molecular flexibility index (Phi) is 4.91. The summed E-state index contributed by atoms with van der Waals surface area (Å²) in [7, 11) is 1.52. The minimum atomic E-state index is -0.854. The third-order valence-electron chi connectivity index (χ3n) is 3.87. The number of aryl methyl sites for hydroxylation is 1. The monoisotopic (exact) mass is 363 g/mol. The van der Waals surface area contributed by atoms with E-state index in [-0.39, 0.29) is 23.6 Å². The molecule has 0 spiro atoms. The molecule has 0 amide bonds. The third kappa shape index (κ3) is 3.45. The summed E-state index contributed by atoms with van der Waals surface area (Å²) < 4.78 is 2.80. The van der Waals surface area contributed by atoms with E-state index >= 15 is 0 Å². The number of hydrogen-bond donors (Lipinski definition) is 3. The van der Waals surface area contributed by atoms with E-state index in [9.17, 15) is 14.7 Å². The predicted molar refractivity (Wildman–Crippen MR) is 96.1 cm³/mol. The summed E-state index contributed by atoms with van der Waals surface area (Å²) >= 11 is 5.70. The molecule has 2 heterocycles. The maximum Gasteiger partial charge on any atom is 0.329 e. The van der Waals surface area contributed by atoms with E-state index in [4.69, 9.17) is 11.6 Å². The first kappa shape index (κ1) is 17.2. The number of aliphatic hydroxyl groups is 1. The van der Waals surface area contributed by atoms with Gasteiger partial charge in [-0.2, -0.15) is 4.98 Å². The second-order valence-corrected chi connectivity index (χ2v) is 5.99. The van der Waals surface area contributed by atoms with Crippen molar-refractivity contribution in [2.24, 2.45) is 7.05 Å². The fourth-order valence-corrected chi connectivity index (χ4v) is 2.68. The Labute approximate surface area is 147 Å². The van der Waals surface area contributed by atoms with E-state index < -0.39 is 17.4 Å². The quantitative estimate of drug-likeness (QED) is 0.557. The van der Waals surface area contributed by atoms with Crippen molar-refractivity contribution < 1.29 is 5.11 Å². The first-order valence-electron chi connectivity index (χ1n) is 7.72. The van der Waals surface area contributed by atoms with Gasteiger partial charge in [-0.15, -0.1) is 11.6 Å². The topological polar surface area (TPSA) is 105 Å². The second-order valence-electron chi connectivity index (χ2n) is 5.68. The smallest absolute Gasteiger partial charge is 0.329 e. The Bertz CT molecular complexity index is 993. The molecule has 2 aromatic heterocycles. The molecule has 0 bridgehead atoms. The average Bonchev–Trinajstić information content (AvgIpc) is 2.97. The van der Waals surface area contributed by atoms with Crippen LogP contribution in [0.4, 0.5) is 5.95 Å². The molecule has 0 fully saturated rings. The van der Waals surface area contributed by atoms with Crippen LogP contribution in [0.3, 0.4) is 0 Å². The average molecular weight is 364 g/mol. The Morgan fingerprint density at radius 1 is 1.32 bits per heavy atom. The normalized spacial score (nSPS) is 12.4. The van der Waals surface area contributed by atoms with Gasteiger partial charge in [0.2, 0.25) is 5.95 Å². The van der Waals surface area contributed by atoms with Gasteiger partial charge in [-0.3, -0.25) is 14.3 Å². The number of alkyl halides is 1. The van der Waals surface area contributed by atoms with Gasteiger partial charge in [0.1, 0.15) is 0 Å². The summed E-state index contributed by atoms with van der Waals surface area (Å²) in [5.74, 6) is 0.399. The van der Waals surface area contributed by atoms with E-state index in [0.717, 1.165) is 5.56 Å². The third-order valence-corrected chi connectivity index (χ3v) is 4.23. The van der Waals surface area contributed by atoms with Crippen molar-refractivity contribution in [3.8, 4) is 0 Å². The fraction of sp³-hybridized carbons (Fsp3) is 0.312. The van der Waals surface area contributed by atoms with Gasteiger partial charge >= 0.3 is 5.69 Å². The van der Waals surface area contributed by atoms with Gasteiger partial charge in [-0.25, -0.2) is 4.79 Å². The number of anilines is 1. The highest BCUT2D eigenvalue weighted by molar-refractivity contribution is 6.18. The zero-order chi connectivity index (χ0) is 18.0. The number of halogens is 1. The lowest BCUT2D eigenvalue weighted by atomic mass is 10.2. The minimum absolute atomic E-state index is 0.0153. The largest absolute Gasteiger partial charge is 0.390 e. The summed E-state index contributed by atoms with van der Waals surface area (Å²) in [5, 5.41) is 13.1. The molecule has 132 valence electrons. The molecule has 0 aliphatic rings. The van der Waals surface area contributed by atoms with Gasteiger partial charge in [0, 0.05) is 13.6 Å². The lowest BCUT2D eigenvalue weighted by molar-refractivity contribution is 0.179. The van der Waals surface area contributed by atoms with E-state index in [2.05, 4.69) is 15.3 Å². The number of nitrogens with zero attached hydrogens (tertiary/aromatic N) is 3. The molecular formula is C16H18ClN5O3. The molecule has 3 N–H and O–H groups in total. The SMILES string of the molecule is Cn1c(=O)[nH]c(=O)c2c1nc(NCc1ccccc1)n2CC(O)CCl. The van der Waals surface area contributed by atoms with Gasteiger partial charge in [0.05, 0.1) is 18.5 Å². The first-order chi connectivity index (χ1) is 12.0. The predicted octanol–water partition coefficient (Wildman–Crippen LogP) is 0.635. The number of benzene rings is 1. The van der Waals surface area contributed by atoms with Crippen molar-refractivity contribution in [2.75, 3.05) is 11.2 Å². The molecule has 9 heteroatoms. The van der Waals surface area contributed by atoms with Crippen molar-refractivity contribution in [2.45, 2.75) is 19.2 Å². The summed E-state index contributed by atoms with van der Waals surface area (Å²) in [6.45, 7) is 0.561. The van der Waals surface area contributed by atoms with Crippen LogP contribution < -0.4 is 16.6 Å². The Balaban J connectivity index is 2.08. The number of aromatic amines is 1. The Morgan fingerprint density at radius 2 is 2.04 bits per heavy atom. The first-order valence-corrected chi connectivity index (χ1v) is 8.26. The molecule has 0 radical (unpaired) electrons. The highest BCUT2D eigenvalue weighted by atomic mass is 35.5. The maximum absolute atomic E-state index is 12.3. The van der Waals surface area contributed by atoms with E-state index in [1.54, 1.807) is 4.57 Å². The molecule has 0 saturated heterocycles. The van der Waals surface area contributed by atoms with Crippen molar-refractivity contribution in [3.05, 3.63) is 56.7 Å². The van der Waals surface area contributed by atoms with E-state index in [1.165, 1.54) is 11.6 Å². The Morgan fingerprint density at radius 3 is 2.72 bits per heavy atom. The molecule has 25 heavy (non-hydrogen) atoms. The van der Waals surface area contributed by atoms with E-state index in [1.807, 2.05) is 30.3 Å². The molecule has 1 atom stereocenters. The molecule has 1 aromatic carbocycles. The number of rotatable bonds is 6. The number of H-pyrrole nitrogens is 1. The summed E-state index contributed by atoms with van der Waals surface area (Å²) in [5.41, 5.74) is 0.379. The van der Waals surface area contributed by atoms with Crippen LogP contribution in [-0.2, 0) is 20.1 Å². The van der Waals surface area contributed by atoms with Gasteiger partial charge in [0.25, 0.3) is 5.56 Å². The van der Waals surface area contributed by atoms with Crippen molar-refractivity contribution in [1.82, 2.24) is 19.1 Å². The molecule has 3 aromatic rings. The van der Waals surface area contributed by atoms with Crippen LogP contribution in [0.1, 0.15) is 5.56 Å². The molecular weight excluding hydrogens is 346 g/mol. The van der Waals surface area contributed by atoms with Crippen molar-refractivity contribution in [3.63, 3.8) is 0 Å². The van der Waals surface area contributed by atoms with Crippen LogP contribution in [0.5, 0.6) is 0 Å². The van der Waals surface area contributed by atoms with Crippen LogP contribution in [0.25, 0.3) is 11.2 Å². The van der Waals surface area contributed by atoms with E-state index in [0.29, 0.717) is 12.5 Å². The molecule has 1 unspecified atom stereocenters. The Hall–Kier alpha value is -2.58. The lowest BCUT2D eigenvalue weighted by Crippen LogP contribution is -2.30. The highest BCUT2D eigenvalue weighted by Crippen LogP contribution is 2.17. The molecule has 0 aliphatic carbocycles. The molecule has 0 aliphatic heterocycles. The number of fused-ring (bicyclic) bond motifs is 1. The number of hydrogen-bond acceptors (Lipinski definition) is 5. The number of nitrogens with one attached hydrogen (secondary N) is 2. The fourth-order valence-electron chi connectivity index (χ4n) is 2.58. The molecule has 3 rings (SSSR count). The zero-order valence-electron chi connectivity index (χ0n) is 13.6. The lowest BCUT2D eigenvalue weighted by Gasteiger charge is -2.13. The van der Waals surface area contributed by atoms with Crippen LogP contribution in [0, 0.1) is 0 Å². The van der Waals surface area contributed by atoms with Crippen molar-refractivity contribution >= 4 is 28.7 Å². The number of aromatic nitrogens is 4. The number of aliphatic hydroxyl groups excluding tert-OH is 1. The van der Waals surface area contributed by atoms with Crippen LogP contribution >= 0.6 is 11.6 Å². The standard InChI is InChI=1S/C16H18ClN5O3/c1-21-13-12(14(24)20-16(21)25)22(9-11(23)7-17)15(19-13)18-8-10-5-3-2-4-6-10/h2-6,11,23H,7-9H2,1H3,(H,18,19)(H,20,24,25). The van der Waals surface area contributed by atoms with Gasteiger partial charge in [-0.1, -0.05) is 30.3 Å². The van der Waals surface area contributed by atoms with Gasteiger partial charge in [0.15, 0.2) is 11.2 Å².